The van der Waals surface area contributed by atoms with Gasteiger partial charge >= 0.3 is 0 Å². The molecule has 5 rings (SSSR count). The second-order valence-electron chi connectivity index (χ2n) is 9.27. The zero-order chi connectivity index (χ0) is 26.3. The topological polar surface area (TPSA) is 100 Å². The molecule has 4 aromatic rings. The van der Waals surface area contributed by atoms with Crippen LogP contribution in [-0.2, 0) is 17.9 Å². The molecule has 0 aliphatic carbocycles. The van der Waals surface area contributed by atoms with Gasteiger partial charge in [0.25, 0.3) is 5.91 Å². The molecule has 194 valence electrons. The molecule has 1 atom stereocenters. The number of rotatable bonds is 8. The van der Waals surface area contributed by atoms with Crippen molar-refractivity contribution >= 4 is 29.1 Å². The van der Waals surface area contributed by atoms with Gasteiger partial charge in [0.2, 0.25) is 17.6 Å². The average Bonchev–Trinajstić information content (AvgIpc) is 3.41. The zero-order valence-corrected chi connectivity index (χ0v) is 21.5. The molecule has 1 saturated heterocycles. The lowest BCUT2D eigenvalue weighted by atomic mass is 9.96. The highest BCUT2D eigenvalue weighted by Gasteiger charge is 2.28. The molecule has 0 spiro atoms. The Bertz CT molecular complexity index is 1410. The number of piperidine rings is 1. The SMILES string of the molecule is O=C(NCc1ccccc1)c1ccccc1NC(=O)C1CCCN(Cc2nc(-c3ccccc3Cl)no2)C1. The van der Waals surface area contributed by atoms with E-state index in [0.717, 1.165) is 24.9 Å². The van der Waals surface area contributed by atoms with E-state index in [1.807, 2.05) is 54.6 Å². The van der Waals surface area contributed by atoms with Crippen molar-refractivity contribution in [1.82, 2.24) is 20.4 Å². The van der Waals surface area contributed by atoms with Gasteiger partial charge in [-0.05, 0) is 49.2 Å². The number of aromatic nitrogens is 2. The maximum Gasteiger partial charge on any atom is 0.253 e. The first-order valence-electron chi connectivity index (χ1n) is 12.6. The Morgan fingerprint density at radius 3 is 2.61 bits per heavy atom. The molecular formula is C29H28ClN5O3. The Hall–Kier alpha value is -4.01. The van der Waals surface area contributed by atoms with Crippen LogP contribution in [0.2, 0.25) is 5.02 Å². The zero-order valence-electron chi connectivity index (χ0n) is 20.8. The van der Waals surface area contributed by atoms with Crippen LogP contribution in [0.3, 0.4) is 0 Å². The molecule has 2 heterocycles. The van der Waals surface area contributed by atoms with Gasteiger partial charge in [0.15, 0.2) is 0 Å². The van der Waals surface area contributed by atoms with E-state index >= 15 is 0 Å². The number of likely N-dealkylation sites (tertiary alicyclic amines) is 1. The van der Waals surface area contributed by atoms with Crippen LogP contribution >= 0.6 is 11.6 Å². The van der Waals surface area contributed by atoms with Gasteiger partial charge in [-0.3, -0.25) is 14.5 Å². The number of benzene rings is 3. The quantitative estimate of drug-likeness (QED) is 0.326. The fraction of sp³-hybridized carbons (Fsp3) is 0.241. The summed E-state index contributed by atoms with van der Waals surface area (Å²) in [4.78, 5) is 32.7. The Kier molecular flexibility index (Phi) is 8.11. The lowest BCUT2D eigenvalue weighted by molar-refractivity contribution is -0.121. The molecular weight excluding hydrogens is 502 g/mol. The number of hydrogen-bond acceptors (Lipinski definition) is 6. The van der Waals surface area contributed by atoms with Gasteiger partial charge in [0, 0.05) is 18.7 Å². The lowest BCUT2D eigenvalue weighted by Gasteiger charge is -2.31. The summed E-state index contributed by atoms with van der Waals surface area (Å²) in [6, 6.07) is 24.1. The van der Waals surface area contributed by atoms with E-state index in [1.165, 1.54) is 0 Å². The Morgan fingerprint density at radius 1 is 1.00 bits per heavy atom. The molecule has 1 aromatic heterocycles. The molecule has 8 nitrogen and oxygen atoms in total. The Morgan fingerprint density at radius 2 is 1.76 bits per heavy atom. The van der Waals surface area contributed by atoms with Crippen molar-refractivity contribution in [3.63, 3.8) is 0 Å². The average molecular weight is 530 g/mol. The van der Waals surface area contributed by atoms with E-state index < -0.39 is 0 Å². The number of carbonyl (C=O) groups is 2. The Balaban J connectivity index is 1.19. The smallest absolute Gasteiger partial charge is 0.253 e. The van der Waals surface area contributed by atoms with Crippen molar-refractivity contribution in [2.24, 2.45) is 5.92 Å². The molecule has 0 saturated carbocycles. The van der Waals surface area contributed by atoms with Crippen LogP contribution in [0.15, 0.2) is 83.4 Å². The number of amides is 2. The normalized spacial score (nSPS) is 15.7. The molecule has 0 bridgehead atoms. The summed E-state index contributed by atoms with van der Waals surface area (Å²) in [5, 5.41) is 10.5. The highest BCUT2D eigenvalue weighted by Crippen LogP contribution is 2.26. The van der Waals surface area contributed by atoms with E-state index in [1.54, 1.807) is 24.3 Å². The van der Waals surface area contributed by atoms with E-state index in [4.69, 9.17) is 16.1 Å². The molecule has 1 fully saturated rings. The van der Waals surface area contributed by atoms with Gasteiger partial charge < -0.3 is 15.2 Å². The number of halogens is 1. The number of hydrogen-bond donors (Lipinski definition) is 2. The van der Waals surface area contributed by atoms with Gasteiger partial charge in [-0.2, -0.15) is 4.98 Å². The van der Waals surface area contributed by atoms with Crippen molar-refractivity contribution in [3.05, 3.63) is 101 Å². The minimum absolute atomic E-state index is 0.111. The molecule has 38 heavy (non-hydrogen) atoms. The van der Waals surface area contributed by atoms with Gasteiger partial charge in [0.1, 0.15) is 0 Å². The van der Waals surface area contributed by atoms with Crippen LogP contribution in [0.25, 0.3) is 11.4 Å². The summed E-state index contributed by atoms with van der Waals surface area (Å²) in [7, 11) is 0. The van der Waals surface area contributed by atoms with Crippen LogP contribution in [0.5, 0.6) is 0 Å². The second kappa shape index (κ2) is 12.0. The van der Waals surface area contributed by atoms with Crippen molar-refractivity contribution in [3.8, 4) is 11.4 Å². The molecule has 1 aliphatic rings. The molecule has 0 radical (unpaired) electrons. The fourth-order valence-electron chi connectivity index (χ4n) is 4.57. The maximum absolute atomic E-state index is 13.2. The lowest BCUT2D eigenvalue weighted by Crippen LogP contribution is -2.40. The third-order valence-electron chi connectivity index (χ3n) is 6.54. The highest BCUT2D eigenvalue weighted by atomic mass is 35.5. The predicted octanol–water partition coefficient (Wildman–Crippen LogP) is 5.17. The minimum atomic E-state index is -0.235. The third kappa shape index (κ3) is 6.27. The van der Waals surface area contributed by atoms with Crippen molar-refractivity contribution < 1.29 is 14.1 Å². The highest BCUT2D eigenvalue weighted by molar-refractivity contribution is 6.33. The van der Waals surface area contributed by atoms with E-state index in [-0.39, 0.29) is 17.7 Å². The van der Waals surface area contributed by atoms with Crippen LogP contribution in [-0.4, -0.2) is 39.9 Å². The van der Waals surface area contributed by atoms with Crippen LogP contribution in [0.4, 0.5) is 5.69 Å². The first-order chi connectivity index (χ1) is 18.6. The van der Waals surface area contributed by atoms with E-state index in [0.29, 0.717) is 53.2 Å². The minimum Gasteiger partial charge on any atom is -0.348 e. The molecule has 9 heteroatoms. The third-order valence-corrected chi connectivity index (χ3v) is 6.87. The summed E-state index contributed by atoms with van der Waals surface area (Å²) in [6.45, 7) is 2.23. The largest absolute Gasteiger partial charge is 0.348 e. The van der Waals surface area contributed by atoms with Crippen LogP contribution < -0.4 is 10.6 Å². The summed E-state index contributed by atoms with van der Waals surface area (Å²) < 4.78 is 5.46. The number of para-hydroxylation sites is 1. The van der Waals surface area contributed by atoms with Gasteiger partial charge in [-0.25, -0.2) is 0 Å². The van der Waals surface area contributed by atoms with Gasteiger partial charge in [-0.1, -0.05) is 71.4 Å². The van der Waals surface area contributed by atoms with Gasteiger partial charge in [0.05, 0.1) is 28.7 Å². The van der Waals surface area contributed by atoms with Crippen LogP contribution in [0.1, 0.15) is 34.7 Å². The number of nitrogens with one attached hydrogen (secondary N) is 2. The fourth-order valence-corrected chi connectivity index (χ4v) is 4.79. The molecule has 2 N–H and O–H groups in total. The number of nitrogens with zero attached hydrogens (tertiary/aromatic N) is 3. The van der Waals surface area contributed by atoms with Crippen molar-refractivity contribution in [2.75, 3.05) is 18.4 Å². The summed E-state index contributed by atoms with van der Waals surface area (Å²) in [5.74, 6) is 0.344. The maximum atomic E-state index is 13.2. The molecule has 1 unspecified atom stereocenters. The monoisotopic (exact) mass is 529 g/mol. The summed E-state index contributed by atoms with van der Waals surface area (Å²) >= 11 is 6.26. The summed E-state index contributed by atoms with van der Waals surface area (Å²) in [6.07, 6.45) is 1.63. The summed E-state index contributed by atoms with van der Waals surface area (Å²) in [5.41, 5.74) is 2.65. The van der Waals surface area contributed by atoms with E-state index in [2.05, 4.69) is 25.7 Å². The number of carbonyl (C=O) groups excluding carboxylic acids is 2. The predicted molar refractivity (Wildman–Crippen MR) is 145 cm³/mol. The van der Waals surface area contributed by atoms with E-state index in [9.17, 15) is 9.59 Å². The standard InChI is InChI=1S/C29H28ClN5O3/c30-24-14-6-4-12-22(24)27-33-26(38-34-27)19-35-16-8-11-21(18-35)28(36)32-25-15-7-5-13-23(25)29(37)31-17-20-9-2-1-3-10-20/h1-7,9-10,12-15,21H,8,11,16-19H2,(H,31,37)(H,32,36). The molecule has 2 amide bonds. The van der Waals surface area contributed by atoms with Crippen molar-refractivity contribution in [1.29, 1.82) is 0 Å². The molecule has 3 aromatic carbocycles. The first-order valence-corrected chi connectivity index (χ1v) is 13.0. The van der Waals surface area contributed by atoms with Crippen molar-refractivity contribution in [2.45, 2.75) is 25.9 Å². The van der Waals surface area contributed by atoms with Gasteiger partial charge in [-0.15, -0.1) is 0 Å². The molecule has 1 aliphatic heterocycles. The second-order valence-corrected chi connectivity index (χ2v) is 9.68. The number of anilines is 1. The van der Waals surface area contributed by atoms with Crippen LogP contribution in [0, 0.1) is 5.92 Å². The first kappa shape index (κ1) is 25.6. The Labute approximate surface area is 226 Å².